The summed E-state index contributed by atoms with van der Waals surface area (Å²) >= 11 is 0. The van der Waals surface area contributed by atoms with Crippen molar-refractivity contribution in [2.75, 3.05) is 5.32 Å². The van der Waals surface area contributed by atoms with Gasteiger partial charge < -0.3 is 10.1 Å². The normalized spacial score (nSPS) is 14.2. The minimum Gasteiger partial charge on any atom is -0.424 e. The van der Waals surface area contributed by atoms with Crippen LogP contribution in [0, 0.1) is 0 Å². The predicted octanol–water partition coefficient (Wildman–Crippen LogP) is 3.17. The molecule has 0 fully saturated rings. The van der Waals surface area contributed by atoms with E-state index in [2.05, 4.69) is 15.3 Å². The number of halogens is 3. The molecule has 1 N–H and O–H groups in total. The second kappa shape index (κ2) is 5.28. The number of ether oxygens (including phenoxy) is 1. The summed E-state index contributed by atoms with van der Waals surface area (Å²) in [5.74, 6) is 0.247. The molecule has 2 aromatic rings. The average molecular weight is 309 g/mol. The van der Waals surface area contributed by atoms with Gasteiger partial charge in [-0.3, -0.25) is 4.79 Å². The lowest BCUT2D eigenvalue weighted by molar-refractivity contribution is -0.141. The maximum absolute atomic E-state index is 12.6. The first-order chi connectivity index (χ1) is 10.4. The van der Waals surface area contributed by atoms with Crippen LogP contribution in [-0.4, -0.2) is 15.9 Å². The van der Waals surface area contributed by atoms with Crippen molar-refractivity contribution in [3.63, 3.8) is 0 Å². The number of hydrogen-bond donors (Lipinski definition) is 1. The number of amides is 1. The fraction of sp³-hybridized carbons (Fsp3) is 0.214. The Labute approximate surface area is 123 Å². The van der Waals surface area contributed by atoms with Crippen LogP contribution in [0.2, 0.25) is 0 Å². The van der Waals surface area contributed by atoms with E-state index in [0.717, 1.165) is 17.8 Å². The van der Waals surface area contributed by atoms with Crippen molar-refractivity contribution in [3.05, 3.63) is 41.7 Å². The number of fused-ring (bicyclic) bond motifs is 1. The summed E-state index contributed by atoms with van der Waals surface area (Å²) < 4.78 is 43.0. The van der Waals surface area contributed by atoms with Crippen molar-refractivity contribution in [2.45, 2.75) is 19.0 Å². The number of aromatic nitrogens is 2. The van der Waals surface area contributed by atoms with Gasteiger partial charge in [0.05, 0.1) is 0 Å². The highest BCUT2D eigenvalue weighted by Gasteiger charge is 2.33. The second-order valence-electron chi connectivity index (χ2n) is 4.69. The Morgan fingerprint density at radius 1 is 1.18 bits per heavy atom. The van der Waals surface area contributed by atoms with Crippen LogP contribution in [0.15, 0.2) is 30.5 Å². The summed E-state index contributed by atoms with van der Waals surface area (Å²) in [4.78, 5) is 18.3. The van der Waals surface area contributed by atoms with Gasteiger partial charge in [0.2, 0.25) is 5.91 Å². The first-order valence-corrected chi connectivity index (χ1v) is 6.43. The van der Waals surface area contributed by atoms with E-state index in [4.69, 9.17) is 4.74 Å². The number of anilines is 1. The molecule has 1 aromatic carbocycles. The Morgan fingerprint density at radius 3 is 2.77 bits per heavy atom. The number of carbonyl (C=O) groups is 1. The Bertz CT molecular complexity index is 732. The first kappa shape index (κ1) is 14.3. The van der Waals surface area contributed by atoms with Crippen LogP contribution < -0.4 is 10.1 Å². The smallest absolute Gasteiger partial charge is 0.424 e. The topological polar surface area (TPSA) is 64.1 Å². The van der Waals surface area contributed by atoms with Gasteiger partial charge in [-0.1, -0.05) is 0 Å². The predicted molar refractivity (Wildman–Crippen MR) is 70.5 cm³/mol. The number of hydrogen-bond acceptors (Lipinski definition) is 4. The van der Waals surface area contributed by atoms with E-state index < -0.39 is 11.9 Å². The molecule has 0 saturated carbocycles. The largest absolute Gasteiger partial charge is 0.433 e. The fourth-order valence-electron chi connectivity index (χ4n) is 2.08. The van der Waals surface area contributed by atoms with E-state index in [9.17, 15) is 18.0 Å². The van der Waals surface area contributed by atoms with Crippen molar-refractivity contribution >= 4 is 11.6 Å². The Balaban J connectivity index is 1.83. The van der Waals surface area contributed by atoms with E-state index in [1.165, 1.54) is 6.07 Å². The highest BCUT2D eigenvalue weighted by molar-refractivity contribution is 5.94. The molecule has 1 amide bonds. The summed E-state index contributed by atoms with van der Waals surface area (Å²) in [6, 6.07) is 5.21. The van der Waals surface area contributed by atoms with Crippen LogP contribution in [0.5, 0.6) is 11.8 Å². The summed E-state index contributed by atoms with van der Waals surface area (Å²) in [7, 11) is 0. The SMILES string of the molecule is O=C1CCc2cc(Oc3nccc(C(F)(F)F)n3)ccc2N1. The molecule has 8 heteroatoms. The fourth-order valence-corrected chi connectivity index (χ4v) is 2.08. The van der Waals surface area contributed by atoms with Crippen molar-refractivity contribution in [3.8, 4) is 11.8 Å². The van der Waals surface area contributed by atoms with Gasteiger partial charge in [-0.2, -0.15) is 18.2 Å². The molecule has 0 saturated heterocycles. The summed E-state index contributed by atoms with van der Waals surface area (Å²) in [6.07, 6.45) is -2.66. The maximum Gasteiger partial charge on any atom is 0.433 e. The standard InChI is InChI=1S/C14H10F3N3O2/c15-14(16,17)11-5-6-18-13(20-11)22-9-2-3-10-8(7-9)1-4-12(21)19-10/h2-3,5-7H,1,4H2,(H,19,21). The van der Waals surface area contributed by atoms with E-state index in [-0.39, 0.29) is 11.9 Å². The molecule has 114 valence electrons. The van der Waals surface area contributed by atoms with Crippen molar-refractivity contribution < 1.29 is 22.7 Å². The lowest BCUT2D eigenvalue weighted by Gasteiger charge is -2.17. The third-order valence-corrected chi connectivity index (χ3v) is 3.11. The van der Waals surface area contributed by atoms with Gasteiger partial charge in [0, 0.05) is 18.3 Å². The zero-order valence-electron chi connectivity index (χ0n) is 11.1. The lowest BCUT2D eigenvalue weighted by atomic mass is 10.0. The van der Waals surface area contributed by atoms with Crippen LogP contribution in [0.25, 0.3) is 0 Å². The minimum atomic E-state index is -4.55. The molecule has 22 heavy (non-hydrogen) atoms. The van der Waals surface area contributed by atoms with Gasteiger partial charge in [-0.15, -0.1) is 0 Å². The zero-order valence-corrected chi connectivity index (χ0v) is 11.1. The lowest BCUT2D eigenvalue weighted by Crippen LogP contribution is -2.18. The van der Waals surface area contributed by atoms with Crippen LogP contribution in [-0.2, 0) is 17.4 Å². The molecule has 0 unspecified atom stereocenters. The molecule has 2 heterocycles. The number of rotatable bonds is 2. The molecule has 5 nitrogen and oxygen atoms in total. The van der Waals surface area contributed by atoms with Gasteiger partial charge >= 0.3 is 12.2 Å². The van der Waals surface area contributed by atoms with Crippen molar-refractivity contribution in [1.29, 1.82) is 0 Å². The highest BCUT2D eigenvalue weighted by Crippen LogP contribution is 2.31. The Morgan fingerprint density at radius 2 is 2.00 bits per heavy atom. The molecule has 1 aliphatic rings. The van der Waals surface area contributed by atoms with Crippen LogP contribution in [0.1, 0.15) is 17.7 Å². The van der Waals surface area contributed by atoms with Crippen LogP contribution in [0.4, 0.5) is 18.9 Å². The monoisotopic (exact) mass is 309 g/mol. The number of nitrogens with one attached hydrogen (secondary N) is 1. The molecule has 0 radical (unpaired) electrons. The average Bonchev–Trinajstić information content (AvgIpc) is 2.47. The Hall–Kier alpha value is -2.64. The van der Waals surface area contributed by atoms with Gasteiger partial charge in [-0.25, -0.2) is 4.98 Å². The molecule has 0 bridgehead atoms. The van der Waals surface area contributed by atoms with Gasteiger partial charge in [0.25, 0.3) is 0 Å². The molecular formula is C14H10F3N3O2. The van der Waals surface area contributed by atoms with Crippen LogP contribution >= 0.6 is 0 Å². The number of aryl methyl sites for hydroxylation is 1. The van der Waals surface area contributed by atoms with Crippen molar-refractivity contribution in [2.24, 2.45) is 0 Å². The number of alkyl halides is 3. The number of nitrogens with zero attached hydrogens (tertiary/aromatic N) is 2. The van der Waals surface area contributed by atoms with Crippen LogP contribution in [0.3, 0.4) is 0 Å². The molecule has 1 aromatic heterocycles. The molecule has 0 spiro atoms. The summed E-state index contributed by atoms with van der Waals surface area (Å²) in [5, 5.41) is 2.71. The van der Waals surface area contributed by atoms with Crippen molar-refractivity contribution in [1.82, 2.24) is 9.97 Å². The third kappa shape index (κ3) is 3.00. The molecule has 0 aliphatic carbocycles. The van der Waals surface area contributed by atoms with E-state index >= 15 is 0 Å². The highest BCUT2D eigenvalue weighted by atomic mass is 19.4. The molecule has 0 atom stereocenters. The zero-order chi connectivity index (χ0) is 15.7. The minimum absolute atomic E-state index is 0.0672. The van der Waals surface area contributed by atoms with Gasteiger partial charge in [0.1, 0.15) is 5.75 Å². The van der Waals surface area contributed by atoms with Gasteiger partial charge in [-0.05, 0) is 36.2 Å². The van der Waals surface area contributed by atoms with E-state index in [0.29, 0.717) is 24.3 Å². The molecule has 3 rings (SSSR count). The first-order valence-electron chi connectivity index (χ1n) is 6.43. The second-order valence-corrected chi connectivity index (χ2v) is 4.69. The van der Waals surface area contributed by atoms with Gasteiger partial charge in [0.15, 0.2) is 5.69 Å². The molecular weight excluding hydrogens is 299 g/mol. The number of benzene rings is 1. The maximum atomic E-state index is 12.6. The summed E-state index contributed by atoms with van der Waals surface area (Å²) in [6.45, 7) is 0. The van der Waals surface area contributed by atoms with E-state index in [1.54, 1.807) is 12.1 Å². The quantitative estimate of drug-likeness (QED) is 0.925. The summed E-state index contributed by atoms with van der Waals surface area (Å²) in [5.41, 5.74) is 0.459. The number of carbonyl (C=O) groups excluding carboxylic acids is 1. The molecule has 1 aliphatic heterocycles. The van der Waals surface area contributed by atoms with E-state index in [1.807, 2.05) is 0 Å². The Kier molecular flexibility index (Phi) is 3.44. The third-order valence-electron chi connectivity index (χ3n) is 3.11.